The van der Waals surface area contributed by atoms with Gasteiger partial charge >= 0.3 is 0 Å². The summed E-state index contributed by atoms with van der Waals surface area (Å²) in [6.07, 6.45) is 5.03. The van der Waals surface area contributed by atoms with Gasteiger partial charge in [-0.15, -0.1) is 0 Å². The molecule has 102 valence electrons. The highest BCUT2D eigenvalue weighted by Crippen LogP contribution is 2.31. The number of anilines is 1. The van der Waals surface area contributed by atoms with E-state index in [2.05, 4.69) is 11.9 Å². The van der Waals surface area contributed by atoms with Crippen molar-refractivity contribution < 1.29 is 4.39 Å². The van der Waals surface area contributed by atoms with Crippen molar-refractivity contribution in [1.82, 2.24) is 9.55 Å². The minimum Gasteiger partial charge on any atom is -0.369 e. The first kappa shape index (κ1) is 12.5. The van der Waals surface area contributed by atoms with Crippen LogP contribution >= 0.6 is 0 Å². The van der Waals surface area contributed by atoms with Crippen LogP contribution in [-0.4, -0.2) is 9.55 Å². The third-order valence-corrected chi connectivity index (χ3v) is 4.34. The average Bonchev–Trinajstić information content (AvgIpc) is 2.71. The van der Waals surface area contributed by atoms with Crippen molar-refractivity contribution in [3.05, 3.63) is 24.0 Å². The molecule has 3 rings (SSSR count). The van der Waals surface area contributed by atoms with Gasteiger partial charge in [0.25, 0.3) is 0 Å². The topological polar surface area (TPSA) is 43.8 Å². The van der Waals surface area contributed by atoms with Crippen LogP contribution in [0.3, 0.4) is 0 Å². The molecule has 19 heavy (non-hydrogen) atoms. The quantitative estimate of drug-likeness (QED) is 0.898. The first-order valence-corrected chi connectivity index (χ1v) is 7.05. The normalized spacial score (nSPS) is 23.9. The third-order valence-electron chi connectivity index (χ3n) is 4.34. The summed E-state index contributed by atoms with van der Waals surface area (Å²) in [7, 11) is 0. The SMILES string of the molecule is CC1CCC(Cn2c(N)nc3c(F)cccc32)CC1. The highest BCUT2D eigenvalue weighted by Gasteiger charge is 2.21. The Labute approximate surface area is 112 Å². The highest BCUT2D eigenvalue weighted by atomic mass is 19.1. The van der Waals surface area contributed by atoms with E-state index < -0.39 is 0 Å². The van der Waals surface area contributed by atoms with Crippen molar-refractivity contribution in [2.24, 2.45) is 11.8 Å². The molecule has 0 saturated heterocycles. The molecule has 1 saturated carbocycles. The summed E-state index contributed by atoms with van der Waals surface area (Å²) in [5.74, 6) is 1.61. The monoisotopic (exact) mass is 261 g/mol. The van der Waals surface area contributed by atoms with E-state index in [0.717, 1.165) is 18.0 Å². The number of imidazole rings is 1. The summed E-state index contributed by atoms with van der Waals surface area (Å²) in [5, 5.41) is 0. The van der Waals surface area contributed by atoms with Gasteiger partial charge in [0.05, 0.1) is 5.52 Å². The lowest BCUT2D eigenvalue weighted by molar-refractivity contribution is 0.267. The maximum absolute atomic E-state index is 13.7. The second-order valence-corrected chi connectivity index (χ2v) is 5.81. The van der Waals surface area contributed by atoms with E-state index in [1.54, 1.807) is 6.07 Å². The van der Waals surface area contributed by atoms with Crippen molar-refractivity contribution in [2.45, 2.75) is 39.2 Å². The molecule has 0 atom stereocenters. The summed E-state index contributed by atoms with van der Waals surface area (Å²) in [4.78, 5) is 4.16. The minimum absolute atomic E-state index is 0.291. The molecule has 4 heteroatoms. The molecular formula is C15H20FN3. The third kappa shape index (κ3) is 2.31. The fraction of sp³-hybridized carbons (Fsp3) is 0.533. The minimum atomic E-state index is -0.291. The summed E-state index contributed by atoms with van der Waals surface area (Å²) in [6, 6.07) is 5.05. The lowest BCUT2D eigenvalue weighted by atomic mass is 9.83. The van der Waals surface area contributed by atoms with Crippen molar-refractivity contribution in [2.75, 3.05) is 5.73 Å². The highest BCUT2D eigenvalue weighted by molar-refractivity contribution is 5.78. The molecule has 0 spiro atoms. The molecule has 0 amide bonds. The van der Waals surface area contributed by atoms with Gasteiger partial charge in [0, 0.05) is 6.54 Å². The van der Waals surface area contributed by atoms with E-state index >= 15 is 0 Å². The number of halogens is 1. The van der Waals surface area contributed by atoms with Gasteiger partial charge in [0.2, 0.25) is 5.95 Å². The van der Waals surface area contributed by atoms with E-state index in [9.17, 15) is 4.39 Å². The maximum atomic E-state index is 13.7. The van der Waals surface area contributed by atoms with E-state index in [4.69, 9.17) is 5.73 Å². The number of nitrogens with zero attached hydrogens (tertiary/aromatic N) is 2. The van der Waals surface area contributed by atoms with Crippen LogP contribution in [0.5, 0.6) is 0 Å². The van der Waals surface area contributed by atoms with Gasteiger partial charge < -0.3 is 10.3 Å². The zero-order valence-electron chi connectivity index (χ0n) is 11.3. The molecule has 1 aliphatic carbocycles. The predicted molar refractivity (Wildman–Crippen MR) is 75.2 cm³/mol. The van der Waals surface area contributed by atoms with Crippen LogP contribution in [0.1, 0.15) is 32.6 Å². The lowest BCUT2D eigenvalue weighted by Gasteiger charge is -2.26. The molecule has 1 aromatic heterocycles. The Hall–Kier alpha value is -1.58. The molecule has 2 aromatic rings. The van der Waals surface area contributed by atoms with Crippen LogP contribution in [0.15, 0.2) is 18.2 Å². The number of hydrogen-bond acceptors (Lipinski definition) is 2. The number of benzene rings is 1. The molecule has 0 aliphatic heterocycles. The Morgan fingerprint density at radius 1 is 1.32 bits per heavy atom. The van der Waals surface area contributed by atoms with Crippen molar-refractivity contribution in [3.8, 4) is 0 Å². The summed E-state index contributed by atoms with van der Waals surface area (Å²) in [5.41, 5.74) is 7.16. The van der Waals surface area contributed by atoms with Crippen molar-refractivity contribution in [3.63, 3.8) is 0 Å². The number of nitrogen functional groups attached to an aromatic ring is 1. The van der Waals surface area contributed by atoms with Crippen molar-refractivity contribution in [1.29, 1.82) is 0 Å². The second-order valence-electron chi connectivity index (χ2n) is 5.81. The molecular weight excluding hydrogens is 241 g/mol. The van der Waals surface area contributed by atoms with Gasteiger partial charge in [-0.2, -0.15) is 0 Å². The van der Waals surface area contributed by atoms with Gasteiger partial charge in [-0.3, -0.25) is 0 Å². The average molecular weight is 261 g/mol. The number of fused-ring (bicyclic) bond motifs is 1. The summed E-state index contributed by atoms with van der Waals surface area (Å²) in [6.45, 7) is 3.17. The number of nitrogens with two attached hydrogens (primary N) is 1. The van der Waals surface area contributed by atoms with Gasteiger partial charge in [-0.1, -0.05) is 25.8 Å². The molecule has 1 aliphatic rings. The zero-order valence-corrected chi connectivity index (χ0v) is 11.3. The Morgan fingerprint density at radius 3 is 2.79 bits per heavy atom. The Balaban J connectivity index is 1.88. The first-order valence-electron chi connectivity index (χ1n) is 7.05. The molecule has 0 radical (unpaired) electrons. The molecule has 3 nitrogen and oxygen atoms in total. The largest absolute Gasteiger partial charge is 0.369 e. The van der Waals surface area contributed by atoms with Crippen molar-refractivity contribution >= 4 is 17.0 Å². The Kier molecular flexibility index (Phi) is 3.17. The van der Waals surface area contributed by atoms with Crippen LogP contribution < -0.4 is 5.73 Å². The molecule has 1 heterocycles. The summed E-state index contributed by atoms with van der Waals surface area (Å²) >= 11 is 0. The first-order chi connectivity index (χ1) is 9.15. The molecule has 0 unspecified atom stereocenters. The molecule has 1 aromatic carbocycles. The van der Waals surface area contributed by atoms with E-state index in [0.29, 0.717) is 17.4 Å². The summed E-state index contributed by atoms with van der Waals surface area (Å²) < 4.78 is 15.6. The van der Waals surface area contributed by atoms with Crippen LogP contribution in [0.4, 0.5) is 10.3 Å². The zero-order chi connectivity index (χ0) is 13.4. The van der Waals surface area contributed by atoms with Crippen LogP contribution in [0.25, 0.3) is 11.0 Å². The van der Waals surface area contributed by atoms with Crippen LogP contribution in [0.2, 0.25) is 0 Å². The van der Waals surface area contributed by atoms with Crippen LogP contribution in [0, 0.1) is 17.7 Å². The maximum Gasteiger partial charge on any atom is 0.201 e. The van der Waals surface area contributed by atoms with Gasteiger partial charge in [-0.05, 0) is 36.8 Å². The Bertz CT molecular complexity index is 582. The Morgan fingerprint density at radius 2 is 2.05 bits per heavy atom. The standard InChI is InChI=1S/C15H20FN3/c1-10-5-7-11(8-6-10)9-19-13-4-2-3-12(16)14(13)18-15(19)17/h2-4,10-11H,5-9H2,1H3,(H2,17,18). The number of para-hydroxylation sites is 1. The number of rotatable bonds is 2. The number of aromatic nitrogens is 2. The van der Waals surface area contributed by atoms with E-state index in [1.807, 2.05) is 10.6 Å². The lowest BCUT2D eigenvalue weighted by Crippen LogP contribution is -2.18. The number of hydrogen-bond donors (Lipinski definition) is 1. The second kappa shape index (κ2) is 4.83. The van der Waals surface area contributed by atoms with E-state index in [-0.39, 0.29) is 5.82 Å². The predicted octanol–water partition coefficient (Wildman–Crippen LogP) is 3.58. The fourth-order valence-electron chi connectivity index (χ4n) is 3.09. The molecule has 1 fully saturated rings. The fourth-order valence-corrected chi connectivity index (χ4v) is 3.09. The molecule has 2 N–H and O–H groups in total. The smallest absolute Gasteiger partial charge is 0.201 e. The van der Waals surface area contributed by atoms with Gasteiger partial charge in [0.15, 0.2) is 5.82 Å². The molecule has 0 bridgehead atoms. The van der Waals surface area contributed by atoms with E-state index in [1.165, 1.54) is 31.7 Å². The van der Waals surface area contributed by atoms with Gasteiger partial charge in [0.1, 0.15) is 5.52 Å². The van der Waals surface area contributed by atoms with Gasteiger partial charge in [-0.25, -0.2) is 9.37 Å². The van der Waals surface area contributed by atoms with Crippen LogP contribution in [-0.2, 0) is 6.54 Å².